The second-order valence-corrected chi connectivity index (χ2v) is 6.25. The molecule has 1 aliphatic rings. The first kappa shape index (κ1) is 14.0. The third-order valence-corrected chi connectivity index (χ3v) is 3.99. The van der Waals surface area contributed by atoms with Crippen LogP contribution in [0.25, 0.3) is 0 Å². The molecule has 1 unspecified atom stereocenters. The Labute approximate surface area is 112 Å². The average molecular weight is 283 g/mol. The van der Waals surface area contributed by atoms with Crippen LogP contribution in [0.15, 0.2) is 29.2 Å². The number of benzene rings is 1. The summed E-state index contributed by atoms with van der Waals surface area (Å²) in [7, 11) is -3.74. The lowest BCUT2D eigenvalue weighted by Gasteiger charge is -2.09. The van der Waals surface area contributed by atoms with Crippen molar-refractivity contribution in [1.82, 2.24) is 5.32 Å². The maximum absolute atomic E-state index is 11.8. The largest absolute Gasteiger partial charge is 0.326 e. The highest BCUT2D eigenvalue weighted by atomic mass is 32.2. The van der Waals surface area contributed by atoms with Crippen molar-refractivity contribution in [2.75, 3.05) is 18.4 Å². The van der Waals surface area contributed by atoms with Gasteiger partial charge in [0, 0.05) is 12.1 Å². The Bertz CT molecular complexity index is 565. The predicted octanol–water partition coefficient (Wildman–Crippen LogP) is 0.272. The van der Waals surface area contributed by atoms with Crippen LogP contribution in [0.5, 0.6) is 0 Å². The minimum absolute atomic E-state index is 0.00664. The van der Waals surface area contributed by atoms with E-state index in [0.717, 1.165) is 19.5 Å². The fraction of sp³-hybridized carbons (Fsp3) is 0.417. The van der Waals surface area contributed by atoms with Crippen molar-refractivity contribution in [3.63, 3.8) is 0 Å². The molecular formula is C12H17N3O3S. The summed E-state index contributed by atoms with van der Waals surface area (Å²) in [6, 6.07) is 5.94. The summed E-state index contributed by atoms with van der Waals surface area (Å²) in [5.74, 6) is 0.238. The van der Waals surface area contributed by atoms with E-state index in [2.05, 4.69) is 10.6 Å². The molecule has 0 spiro atoms. The number of carbonyl (C=O) groups excluding carboxylic acids is 1. The number of primary sulfonamides is 1. The normalized spacial score (nSPS) is 19.3. The van der Waals surface area contributed by atoms with E-state index in [1.54, 1.807) is 12.1 Å². The summed E-state index contributed by atoms with van der Waals surface area (Å²) >= 11 is 0. The van der Waals surface area contributed by atoms with Crippen molar-refractivity contribution in [1.29, 1.82) is 0 Å². The lowest BCUT2D eigenvalue weighted by molar-refractivity contribution is -0.116. The third-order valence-electron chi connectivity index (χ3n) is 3.08. The Morgan fingerprint density at radius 2 is 2.26 bits per heavy atom. The van der Waals surface area contributed by atoms with Gasteiger partial charge in [0.2, 0.25) is 15.9 Å². The SMILES string of the molecule is NS(=O)(=O)c1cccc(NC(=O)CC2CCNC2)c1. The Morgan fingerprint density at radius 1 is 1.47 bits per heavy atom. The molecule has 1 atom stereocenters. The maximum atomic E-state index is 11.8. The summed E-state index contributed by atoms with van der Waals surface area (Å²) in [5, 5.41) is 10.9. The Kier molecular flexibility index (Phi) is 4.18. The smallest absolute Gasteiger partial charge is 0.238 e. The standard InChI is InChI=1S/C12H17N3O3S/c13-19(17,18)11-3-1-2-10(7-11)15-12(16)6-9-4-5-14-8-9/h1-3,7,9,14H,4-6,8H2,(H,15,16)(H2,13,17,18). The fourth-order valence-corrected chi connectivity index (χ4v) is 2.67. The van der Waals surface area contributed by atoms with Gasteiger partial charge >= 0.3 is 0 Å². The minimum Gasteiger partial charge on any atom is -0.326 e. The molecule has 1 aliphatic heterocycles. The predicted molar refractivity (Wildman–Crippen MR) is 72.0 cm³/mol. The molecular weight excluding hydrogens is 266 g/mol. The Balaban J connectivity index is 2.00. The zero-order chi connectivity index (χ0) is 13.9. The van der Waals surface area contributed by atoms with Crippen LogP contribution >= 0.6 is 0 Å². The molecule has 1 amide bonds. The van der Waals surface area contributed by atoms with E-state index in [1.165, 1.54) is 12.1 Å². The molecule has 1 saturated heterocycles. The summed E-state index contributed by atoms with van der Waals surface area (Å²) in [6.45, 7) is 1.80. The molecule has 0 radical (unpaired) electrons. The molecule has 104 valence electrons. The van der Waals surface area contributed by atoms with Gasteiger partial charge in [0.15, 0.2) is 0 Å². The fourth-order valence-electron chi connectivity index (χ4n) is 2.11. The van der Waals surface area contributed by atoms with Crippen LogP contribution in [0.2, 0.25) is 0 Å². The molecule has 4 N–H and O–H groups in total. The van der Waals surface area contributed by atoms with E-state index in [0.29, 0.717) is 18.0 Å². The van der Waals surface area contributed by atoms with Crippen LogP contribution in [0.4, 0.5) is 5.69 Å². The van der Waals surface area contributed by atoms with Gasteiger partial charge < -0.3 is 10.6 Å². The molecule has 19 heavy (non-hydrogen) atoms. The first-order valence-electron chi connectivity index (χ1n) is 6.08. The number of amides is 1. The van der Waals surface area contributed by atoms with E-state index >= 15 is 0 Å². The highest BCUT2D eigenvalue weighted by Crippen LogP contribution is 2.17. The van der Waals surface area contributed by atoms with Gasteiger partial charge in [-0.3, -0.25) is 4.79 Å². The summed E-state index contributed by atoms with van der Waals surface area (Å²) in [6.07, 6.45) is 1.43. The molecule has 2 rings (SSSR count). The minimum atomic E-state index is -3.74. The van der Waals surface area contributed by atoms with Crippen molar-refractivity contribution in [2.45, 2.75) is 17.7 Å². The zero-order valence-electron chi connectivity index (χ0n) is 10.4. The van der Waals surface area contributed by atoms with E-state index in [4.69, 9.17) is 5.14 Å². The van der Waals surface area contributed by atoms with Gasteiger partial charge in [0.1, 0.15) is 0 Å². The van der Waals surface area contributed by atoms with E-state index in [-0.39, 0.29) is 10.8 Å². The number of rotatable bonds is 4. The number of sulfonamides is 1. The second-order valence-electron chi connectivity index (χ2n) is 4.68. The van der Waals surface area contributed by atoms with Crippen LogP contribution in [0, 0.1) is 5.92 Å². The summed E-state index contributed by atoms with van der Waals surface area (Å²) in [4.78, 5) is 11.8. The first-order valence-corrected chi connectivity index (χ1v) is 7.63. The second kappa shape index (κ2) is 5.68. The summed E-state index contributed by atoms with van der Waals surface area (Å²) < 4.78 is 22.4. The topological polar surface area (TPSA) is 101 Å². The average Bonchev–Trinajstić information content (AvgIpc) is 2.80. The number of hydrogen-bond acceptors (Lipinski definition) is 4. The van der Waals surface area contributed by atoms with Gasteiger partial charge in [-0.25, -0.2) is 13.6 Å². The number of nitrogens with two attached hydrogens (primary N) is 1. The summed E-state index contributed by atoms with van der Waals surface area (Å²) in [5.41, 5.74) is 0.447. The van der Waals surface area contributed by atoms with E-state index in [1.807, 2.05) is 0 Å². The van der Waals surface area contributed by atoms with Crippen molar-refractivity contribution in [2.24, 2.45) is 11.1 Å². The van der Waals surface area contributed by atoms with Gasteiger partial charge in [0.05, 0.1) is 4.90 Å². The highest BCUT2D eigenvalue weighted by Gasteiger charge is 2.18. The lowest BCUT2D eigenvalue weighted by atomic mass is 10.0. The van der Waals surface area contributed by atoms with Gasteiger partial charge in [-0.1, -0.05) is 6.07 Å². The van der Waals surface area contributed by atoms with Crippen molar-refractivity contribution < 1.29 is 13.2 Å². The van der Waals surface area contributed by atoms with Crippen LogP contribution in [-0.4, -0.2) is 27.4 Å². The molecule has 0 saturated carbocycles. The molecule has 6 nitrogen and oxygen atoms in total. The zero-order valence-corrected chi connectivity index (χ0v) is 11.2. The first-order chi connectivity index (χ1) is 8.95. The monoisotopic (exact) mass is 283 g/mol. The maximum Gasteiger partial charge on any atom is 0.238 e. The molecule has 1 aromatic carbocycles. The van der Waals surface area contributed by atoms with Crippen LogP contribution < -0.4 is 15.8 Å². The molecule has 0 aromatic heterocycles. The van der Waals surface area contributed by atoms with Gasteiger partial charge in [-0.2, -0.15) is 0 Å². The van der Waals surface area contributed by atoms with E-state index < -0.39 is 10.0 Å². The molecule has 7 heteroatoms. The molecule has 1 heterocycles. The third kappa shape index (κ3) is 4.02. The van der Waals surface area contributed by atoms with Crippen molar-refractivity contribution >= 4 is 21.6 Å². The van der Waals surface area contributed by atoms with Crippen molar-refractivity contribution in [3.05, 3.63) is 24.3 Å². The van der Waals surface area contributed by atoms with E-state index in [9.17, 15) is 13.2 Å². The number of anilines is 1. The number of carbonyl (C=O) groups is 1. The molecule has 0 bridgehead atoms. The quantitative estimate of drug-likeness (QED) is 0.738. The van der Waals surface area contributed by atoms with Gasteiger partial charge in [-0.05, 0) is 43.6 Å². The van der Waals surface area contributed by atoms with Crippen LogP contribution in [-0.2, 0) is 14.8 Å². The van der Waals surface area contributed by atoms with Crippen LogP contribution in [0.3, 0.4) is 0 Å². The van der Waals surface area contributed by atoms with Crippen LogP contribution in [0.1, 0.15) is 12.8 Å². The highest BCUT2D eigenvalue weighted by molar-refractivity contribution is 7.89. The molecule has 1 fully saturated rings. The molecule has 1 aromatic rings. The van der Waals surface area contributed by atoms with Gasteiger partial charge in [-0.15, -0.1) is 0 Å². The number of nitrogens with one attached hydrogen (secondary N) is 2. The van der Waals surface area contributed by atoms with Crippen molar-refractivity contribution in [3.8, 4) is 0 Å². The number of hydrogen-bond donors (Lipinski definition) is 3. The molecule has 0 aliphatic carbocycles. The Hall–Kier alpha value is -1.44. The Morgan fingerprint density at radius 3 is 2.89 bits per heavy atom. The lowest BCUT2D eigenvalue weighted by Crippen LogP contribution is -2.19. The van der Waals surface area contributed by atoms with Gasteiger partial charge in [0.25, 0.3) is 0 Å².